The topological polar surface area (TPSA) is 32.3 Å². The van der Waals surface area contributed by atoms with E-state index in [1.165, 1.54) is 0 Å². The van der Waals surface area contributed by atoms with Gasteiger partial charge < -0.3 is 10.4 Å². The Hall–Kier alpha value is -0.380. The van der Waals surface area contributed by atoms with Crippen LogP contribution < -0.4 is 5.32 Å². The first-order chi connectivity index (χ1) is 6.23. The highest BCUT2D eigenvalue weighted by Gasteiger charge is 2.37. The number of hydrogen-bond donors (Lipinski definition) is 2. The van der Waals surface area contributed by atoms with E-state index in [1.54, 1.807) is 11.3 Å². The van der Waals surface area contributed by atoms with Gasteiger partial charge in [-0.1, -0.05) is 0 Å². The maximum Gasteiger partial charge on any atom is 0.105 e. The second-order valence-electron chi connectivity index (χ2n) is 3.72. The van der Waals surface area contributed by atoms with Gasteiger partial charge in [0, 0.05) is 6.04 Å². The van der Waals surface area contributed by atoms with Crippen LogP contribution in [0.1, 0.15) is 25.3 Å². The molecule has 0 spiro atoms. The van der Waals surface area contributed by atoms with Crippen molar-refractivity contribution in [1.29, 1.82) is 0 Å². The Morgan fingerprint density at radius 3 is 3.15 bits per heavy atom. The molecule has 2 rings (SSSR count). The standard InChI is InChI=1S/C10H15NOS/c1-8-10(12,4-2-5-11-8)9-3-6-13-7-9/h3,6-8,11-12H,2,4-5H2,1H3. The molecule has 1 aromatic heterocycles. The summed E-state index contributed by atoms with van der Waals surface area (Å²) in [7, 11) is 0. The summed E-state index contributed by atoms with van der Waals surface area (Å²) in [5.74, 6) is 0. The first kappa shape index (κ1) is 9.19. The largest absolute Gasteiger partial charge is 0.384 e. The number of rotatable bonds is 1. The summed E-state index contributed by atoms with van der Waals surface area (Å²) in [5, 5.41) is 17.8. The molecule has 1 aliphatic heterocycles. The molecule has 72 valence electrons. The van der Waals surface area contributed by atoms with Gasteiger partial charge in [-0.15, -0.1) is 0 Å². The molecule has 2 heterocycles. The van der Waals surface area contributed by atoms with E-state index in [0.29, 0.717) is 0 Å². The summed E-state index contributed by atoms with van der Waals surface area (Å²) in [5.41, 5.74) is 0.426. The maximum absolute atomic E-state index is 10.4. The van der Waals surface area contributed by atoms with Gasteiger partial charge in [0.25, 0.3) is 0 Å². The summed E-state index contributed by atoms with van der Waals surface area (Å²) < 4.78 is 0. The van der Waals surface area contributed by atoms with Crippen molar-refractivity contribution in [2.75, 3.05) is 6.54 Å². The van der Waals surface area contributed by atoms with Crippen molar-refractivity contribution in [2.24, 2.45) is 0 Å². The predicted octanol–water partition coefficient (Wildman–Crippen LogP) is 1.71. The number of piperidine rings is 1. The second-order valence-corrected chi connectivity index (χ2v) is 4.50. The molecule has 3 heteroatoms. The third-order valence-corrected chi connectivity index (χ3v) is 3.61. The van der Waals surface area contributed by atoms with Crippen LogP contribution in [0.2, 0.25) is 0 Å². The SMILES string of the molecule is CC1NCCCC1(O)c1ccsc1. The van der Waals surface area contributed by atoms with E-state index in [-0.39, 0.29) is 6.04 Å². The fourth-order valence-corrected chi connectivity index (χ4v) is 2.70. The Morgan fingerprint density at radius 1 is 1.69 bits per heavy atom. The quantitative estimate of drug-likeness (QED) is 0.718. The zero-order valence-electron chi connectivity index (χ0n) is 7.79. The number of aliphatic hydroxyl groups is 1. The molecular weight excluding hydrogens is 182 g/mol. The van der Waals surface area contributed by atoms with Crippen molar-refractivity contribution in [2.45, 2.75) is 31.4 Å². The van der Waals surface area contributed by atoms with E-state index in [2.05, 4.69) is 12.2 Å². The summed E-state index contributed by atoms with van der Waals surface area (Å²) in [6, 6.07) is 2.18. The van der Waals surface area contributed by atoms with E-state index in [9.17, 15) is 5.11 Å². The molecule has 0 radical (unpaired) electrons. The highest BCUT2D eigenvalue weighted by molar-refractivity contribution is 7.08. The molecule has 1 saturated heterocycles. The fraction of sp³-hybridized carbons (Fsp3) is 0.600. The van der Waals surface area contributed by atoms with E-state index >= 15 is 0 Å². The van der Waals surface area contributed by atoms with Crippen LogP contribution in [0.5, 0.6) is 0 Å². The third kappa shape index (κ3) is 1.52. The third-order valence-electron chi connectivity index (χ3n) is 2.92. The van der Waals surface area contributed by atoms with E-state index in [1.807, 2.05) is 16.8 Å². The molecule has 0 amide bonds. The van der Waals surface area contributed by atoms with Crippen molar-refractivity contribution in [3.8, 4) is 0 Å². The lowest BCUT2D eigenvalue weighted by atomic mass is 9.82. The minimum absolute atomic E-state index is 0.163. The van der Waals surface area contributed by atoms with Crippen LogP contribution in [-0.2, 0) is 5.60 Å². The average molecular weight is 197 g/mol. The lowest BCUT2D eigenvalue weighted by molar-refractivity contribution is -0.0222. The van der Waals surface area contributed by atoms with Gasteiger partial charge in [0.2, 0.25) is 0 Å². The van der Waals surface area contributed by atoms with Crippen molar-refractivity contribution in [1.82, 2.24) is 5.32 Å². The Kier molecular flexibility index (Phi) is 2.41. The summed E-state index contributed by atoms with van der Waals surface area (Å²) in [4.78, 5) is 0. The Bertz CT molecular complexity index is 272. The second kappa shape index (κ2) is 3.40. The molecule has 0 bridgehead atoms. The molecule has 1 fully saturated rings. The van der Waals surface area contributed by atoms with Crippen molar-refractivity contribution in [3.63, 3.8) is 0 Å². The minimum Gasteiger partial charge on any atom is -0.384 e. The molecule has 1 aliphatic rings. The molecule has 1 aromatic rings. The Morgan fingerprint density at radius 2 is 2.54 bits per heavy atom. The lowest BCUT2D eigenvalue weighted by Crippen LogP contribution is -2.50. The fourth-order valence-electron chi connectivity index (χ4n) is 1.97. The normalized spacial score (nSPS) is 34.8. The van der Waals surface area contributed by atoms with Crippen LogP contribution in [0.4, 0.5) is 0 Å². The van der Waals surface area contributed by atoms with Gasteiger partial charge in [0.1, 0.15) is 5.60 Å². The van der Waals surface area contributed by atoms with E-state index < -0.39 is 5.60 Å². The Balaban J connectivity index is 2.27. The van der Waals surface area contributed by atoms with Crippen molar-refractivity contribution >= 4 is 11.3 Å². The highest BCUT2D eigenvalue weighted by Crippen LogP contribution is 2.33. The molecule has 0 aliphatic carbocycles. The molecule has 2 unspecified atom stereocenters. The summed E-state index contributed by atoms with van der Waals surface area (Å²) in [6.45, 7) is 3.07. The van der Waals surface area contributed by atoms with E-state index in [0.717, 1.165) is 24.9 Å². The predicted molar refractivity (Wildman–Crippen MR) is 54.9 cm³/mol. The van der Waals surface area contributed by atoms with Crippen LogP contribution in [0.25, 0.3) is 0 Å². The van der Waals surface area contributed by atoms with Gasteiger partial charge in [-0.2, -0.15) is 11.3 Å². The van der Waals surface area contributed by atoms with Gasteiger partial charge in [-0.3, -0.25) is 0 Å². The molecule has 2 N–H and O–H groups in total. The molecule has 2 atom stereocenters. The maximum atomic E-state index is 10.4. The number of thiophene rings is 1. The van der Waals surface area contributed by atoms with Crippen LogP contribution in [0.3, 0.4) is 0 Å². The first-order valence-corrected chi connectivity index (χ1v) is 5.66. The van der Waals surface area contributed by atoms with Crippen molar-refractivity contribution < 1.29 is 5.11 Å². The number of nitrogens with one attached hydrogen (secondary N) is 1. The van der Waals surface area contributed by atoms with Gasteiger partial charge in [0.15, 0.2) is 0 Å². The molecule has 0 aromatic carbocycles. The van der Waals surface area contributed by atoms with Gasteiger partial charge >= 0.3 is 0 Å². The first-order valence-electron chi connectivity index (χ1n) is 4.72. The van der Waals surface area contributed by atoms with Gasteiger partial charge in [-0.05, 0) is 48.7 Å². The lowest BCUT2D eigenvalue weighted by Gasteiger charge is -2.38. The van der Waals surface area contributed by atoms with Crippen LogP contribution >= 0.6 is 11.3 Å². The van der Waals surface area contributed by atoms with Gasteiger partial charge in [-0.25, -0.2) is 0 Å². The van der Waals surface area contributed by atoms with Crippen molar-refractivity contribution in [3.05, 3.63) is 22.4 Å². The minimum atomic E-state index is -0.641. The van der Waals surface area contributed by atoms with Crippen LogP contribution in [0.15, 0.2) is 16.8 Å². The van der Waals surface area contributed by atoms with Crippen LogP contribution in [-0.4, -0.2) is 17.7 Å². The average Bonchev–Trinajstić information content (AvgIpc) is 2.63. The Labute approximate surface area is 82.6 Å². The molecule has 13 heavy (non-hydrogen) atoms. The zero-order valence-corrected chi connectivity index (χ0v) is 8.60. The van der Waals surface area contributed by atoms with E-state index in [4.69, 9.17) is 0 Å². The smallest absolute Gasteiger partial charge is 0.105 e. The number of hydrogen-bond acceptors (Lipinski definition) is 3. The van der Waals surface area contributed by atoms with Crippen LogP contribution in [0, 0.1) is 0 Å². The summed E-state index contributed by atoms with van der Waals surface area (Å²) >= 11 is 1.65. The highest BCUT2D eigenvalue weighted by atomic mass is 32.1. The monoisotopic (exact) mass is 197 g/mol. The van der Waals surface area contributed by atoms with Gasteiger partial charge in [0.05, 0.1) is 0 Å². The molecular formula is C10H15NOS. The molecule has 2 nitrogen and oxygen atoms in total. The summed E-state index contributed by atoms with van der Waals surface area (Å²) in [6.07, 6.45) is 1.93. The zero-order chi connectivity index (χ0) is 9.31. The molecule has 0 saturated carbocycles.